The molecular formula is C19H19NO3. The second-order valence-electron chi connectivity index (χ2n) is 5.47. The van der Waals surface area contributed by atoms with Gasteiger partial charge in [-0.1, -0.05) is 36.9 Å². The van der Waals surface area contributed by atoms with Crippen molar-refractivity contribution in [2.75, 3.05) is 19.5 Å². The standard InChI is InChI=1S/C19H19NO3/c1-4-12-6-5-7-13(8-12)15-11-18(21)20-16-9-14(22-2)10-17(23-3)19(15)16/h4-10,15H,1,11H2,2-3H3,(H,20,21). The van der Waals surface area contributed by atoms with Gasteiger partial charge in [0, 0.05) is 30.0 Å². The SMILES string of the molecule is C=Cc1cccc(C2CC(=O)Nc3cc(OC)cc(OC)c32)c1. The first kappa shape index (κ1) is 15.2. The van der Waals surface area contributed by atoms with Crippen LogP contribution in [0, 0.1) is 0 Å². The third kappa shape index (κ3) is 2.80. The first-order chi connectivity index (χ1) is 11.2. The van der Waals surface area contributed by atoms with Crippen LogP contribution in [0.4, 0.5) is 5.69 Å². The van der Waals surface area contributed by atoms with Crippen LogP contribution in [0.2, 0.25) is 0 Å². The molecule has 118 valence electrons. The highest BCUT2D eigenvalue weighted by Gasteiger charge is 2.30. The second kappa shape index (κ2) is 6.16. The molecular weight excluding hydrogens is 290 g/mol. The van der Waals surface area contributed by atoms with Crippen LogP contribution < -0.4 is 14.8 Å². The minimum atomic E-state index is -0.0560. The summed E-state index contributed by atoms with van der Waals surface area (Å²) in [6, 6.07) is 11.7. The van der Waals surface area contributed by atoms with Gasteiger partial charge in [0.1, 0.15) is 11.5 Å². The highest BCUT2D eigenvalue weighted by molar-refractivity contribution is 5.96. The van der Waals surface area contributed by atoms with Crippen molar-refractivity contribution in [3.8, 4) is 11.5 Å². The van der Waals surface area contributed by atoms with E-state index in [2.05, 4.69) is 18.0 Å². The number of hydrogen-bond donors (Lipinski definition) is 1. The van der Waals surface area contributed by atoms with Crippen molar-refractivity contribution >= 4 is 17.7 Å². The van der Waals surface area contributed by atoms with E-state index in [1.807, 2.05) is 30.3 Å². The Labute approximate surface area is 135 Å². The Morgan fingerprint density at radius 1 is 1.22 bits per heavy atom. The molecule has 0 saturated carbocycles. The van der Waals surface area contributed by atoms with Crippen LogP contribution in [0.3, 0.4) is 0 Å². The van der Waals surface area contributed by atoms with E-state index >= 15 is 0 Å². The van der Waals surface area contributed by atoms with E-state index in [9.17, 15) is 4.79 Å². The number of anilines is 1. The molecule has 1 aliphatic heterocycles. The summed E-state index contributed by atoms with van der Waals surface area (Å²) in [6.07, 6.45) is 2.19. The summed E-state index contributed by atoms with van der Waals surface area (Å²) in [5.74, 6) is 1.30. The van der Waals surface area contributed by atoms with Gasteiger partial charge in [-0.25, -0.2) is 0 Å². The minimum Gasteiger partial charge on any atom is -0.497 e. The summed E-state index contributed by atoms with van der Waals surface area (Å²) in [7, 11) is 3.22. The van der Waals surface area contributed by atoms with E-state index in [0.29, 0.717) is 17.9 Å². The summed E-state index contributed by atoms with van der Waals surface area (Å²) < 4.78 is 10.8. The highest BCUT2D eigenvalue weighted by atomic mass is 16.5. The van der Waals surface area contributed by atoms with Crippen LogP contribution in [0.1, 0.15) is 29.0 Å². The Balaban J connectivity index is 2.17. The molecule has 0 aromatic heterocycles. The van der Waals surface area contributed by atoms with Crippen LogP contribution in [0.15, 0.2) is 43.0 Å². The third-order valence-corrected chi connectivity index (χ3v) is 4.13. The molecule has 23 heavy (non-hydrogen) atoms. The van der Waals surface area contributed by atoms with Gasteiger partial charge >= 0.3 is 0 Å². The Bertz CT molecular complexity index is 767. The van der Waals surface area contributed by atoms with Gasteiger partial charge in [-0.3, -0.25) is 4.79 Å². The highest BCUT2D eigenvalue weighted by Crippen LogP contribution is 2.44. The molecule has 2 aromatic rings. The molecule has 0 fully saturated rings. The van der Waals surface area contributed by atoms with Gasteiger partial charge in [0.2, 0.25) is 5.91 Å². The molecule has 0 aliphatic carbocycles. The molecule has 1 amide bonds. The predicted molar refractivity (Wildman–Crippen MR) is 91.2 cm³/mol. The topological polar surface area (TPSA) is 47.6 Å². The molecule has 4 heteroatoms. The van der Waals surface area contributed by atoms with E-state index in [1.165, 1.54) is 0 Å². The van der Waals surface area contributed by atoms with E-state index < -0.39 is 0 Å². The lowest BCUT2D eigenvalue weighted by Gasteiger charge is -2.28. The van der Waals surface area contributed by atoms with Crippen LogP contribution >= 0.6 is 0 Å². The van der Waals surface area contributed by atoms with Crippen molar-refractivity contribution in [1.82, 2.24) is 0 Å². The van der Waals surface area contributed by atoms with Crippen molar-refractivity contribution in [3.63, 3.8) is 0 Å². The number of amides is 1. The van der Waals surface area contributed by atoms with Gasteiger partial charge < -0.3 is 14.8 Å². The van der Waals surface area contributed by atoms with E-state index in [1.54, 1.807) is 20.3 Å². The molecule has 3 rings (SSSR count). The van der Waals surface area contributed by atoms with Gasteiger partial charge in [0.15, 0.2) is 0 Å². The predicted octanol–water partition coefficient (Wildman–Crippen LogP) is 3.82. The van der Waals surface area contributed by atoms with Crippen LogP contribution in [-0.2, 0) is 4.79 Å². The number of carbonyl (C=O) groups is 1. The largest absolute Gasteiger partial charge is 0.497 e. The quantitative estimate of drug-likeness (QED) is 0.934. The lowest BCUT2D eigenvalue weighted by Crippen LogP contribution is -2.24. The van der Waals surface area contributed by atoms with Crippen LogP contribution in [0.25, 0.3) is 6.08 Å². The number of methoxy groups -OCH3 is 2. The monoisotopic (exact) mass is 309 g/mol. The zero-order chi connectivity index (χ0) is 16.4. The summed E-state index contributed by atoms with van der Waals surface area (Å²) in [6.45, 7) is 3.81. The van der Waals surface area contributed by atoms with Crippen LogP contribution in [0.5, 0.6) is 11.5 Å². The lowest BCUT2D eigenvalue weighted by molar-refractivity contribution is -0.116. The molecule has 0 bridgehead atoms. The molecule has 0 radical (unpaired) electrons. The minimum absolute atomic E-state index is 0.0122. The fourth-order valence-corrected chi connectivity index (χ4v) is 3.03. The van der Waals surface area contributed by atoms with Crippen molar-refractivity contribution in [2.24, 2.45) is 0 Å². The number of fused-ring (bicyclic) bond motifs is 1. The molecule has 1 aliphatic rings. The molecule has 0 spiro atoms. The number of benzene rings is 2. The first-order valence-corrected chi connectivity index (χ1v) is 7.44. The van der Waals surface area contributed by atoms with E-state index in [4.69, 9.17) is 9.47 Å². The Kier molecular flexibility index (Phi) is 4.06. The fourth-order valence-electron chi connectivity index (χ4n) is 3.03. The number of hydrogen-bond acceptors (Lipinski definition) is 3. The summed E-state index contributed by atoms with van der Waals surface area (Å²) in [5, 5.41) is 2.92. The molecule has 1 unspecified atom stereocenters. The van der Waals surface area contributed by atoms with Crippen molar-refractivity contribution in [3.05, 3.63) is 59.7 Å². The lowest BCUT2D eigenvalue weighted by atomic mass is 9.83. The van der Waals surface area contributed by atoms with Crippen LogP contribution in [-0.4, -0.2) is 20.1 Å². The second-order valence-corrected chi connectivity index (χ2v) is 5.47. The average Bonchev–Trinajstić information content (AvgIpc) is 2.59. The van der Waals surface area contributed by atoms with Gasteiger partial charge in [-0.15, -0.1) is 0 Å². The van der Waals surface area contributed by atoms with E-state index in [0.717, 1.165) is 22.4 Å². The van der Waals surface area contributed by atoms with Gasteiger partial charge in [0.05, 0.1) is 19.9 Å². The fraction of sp³-hybridized carbons (Fsp3) is 0.211. The molecule has 0 saturated heterocycles. The number of carbonyl (C=O) groups excluding carboxylic acids is 1. The zero-order valence-corrected chi connectivity index (χ0v) is 13.3. The Morgan fingerprint density at radius 2 is 2.04 bits per heavy atom. The Hall–Kier alpha value is -2.75. The Morgan fingerprint density at radius 3 is 2.74 bits per heavy atom. The first-order valence-electron chi connectivity index (χ1n) is 7.44. The van der Waals surface area contributed by atoms with Gasteiger partial charge in [-0.05, 0) is 11.1 Å². The van der Waals surface area contributed by atoms with Gasteiger partial charge in [0.25, 0.3) is 0 Å². The third-order valence-electron chi connectivity index (χ3n) is 4.13. The van der Waals surface area contributed by atoms with Crippen molar-refractivity contribution in [1.29, 1.82) is 0 Å². The van der Waals surface area contributed by atoms with Crippen molar-refractivity contribution in [2.45, 2.75) is 12.3 Å². The maximum atomic E-state index is 12.2. The average molecular weight is 309 g/mol. The molecule has 1 atom stereocenters. The number of nitrogens with one attached hydrogen (secondary N) is 1. The van der Waals surface area contributed by atoms with Gasteiger partial charge in [-0.2, -0.15) is 0 Å². The summed E-state index contributed by atoms with van der Waals surface area (Å²) >= 11 is 0. The molecule has 1 heterocycles. The zero-order valence-electron chi connectivity index (χ0n) is 13.3. The number of ether oxygens (including phenoxy) is 2. The molecule has 2 aromatic carbocycles. The smallest absolute Gasteiger partial charge is 0.225 e. The maximum Gasteiger partial charge on any atom is 0.225 e. The normalized spacial score (nSPS) is 16.3. The van der Waals surface area contributed by atoms with Crippen molar-refractivity contribution < 1.29 is 14.3 Å². The van der Waals surface area contributed by atoms with E-state index in [-0.39, 0.29) is 11.8 Å². The number of rotatable bonds is 4. The molecule has 4 nitrogen and oxygen atoms in total. The summed E-state index contributed by atoms with van der Waals surface area (Å²) in [4.78, 5) is 12.2. The molecule has 1 N–H and O–H groups in total. The maximum absolute atomic E-state index is 12.2. The summed E-state index contributed by atoms with van der Waals surface area (Å²) in [5.41, 5.74) is 3.82.